The highest BCUT2D eigenvalue weighted by Gasteiger charge is 2.44. The SMILES string of the molecule is CC(C)C1(N)CN(c2ccccc2C(F)(F)F)C1. The molecule has 2 N–H and O–H groups in total. The molecular formula is C13H17F3N2. The number of alkyl halides is 3. The van der Waals surface area contributed by atoms with Crippen LogP contribution in [0.2, 0.25) is 0 Å². The summed E-state index contributed by atoms with van der Waals surface area (Å²) in [5.41, 5.74) is 5.37. The lowest BCUT2D eigenvalue weighted by molar-refractivity contribution is -0.137. The molecule has 0 bridgehead atoms. The largest absolute Gasteiger partial charge is 0.418 e. The van der Waals surface area contributed by atoms with Crippen LogP contribution in [0.1, 0.15) is 19.4 Å². The van der Waals surface area contributed by atoms with Crippen molar-refractivity contribution < 1.29 is 13.2 Å². The maximum absolute atomic E-state index is 12.9. The van der Waals surface area contributed by atoms with Crippen molar-refractivity contribution in [3.8, 4) is 0 Å². The number of rotatable bonds is 2. The Kier molecular flexibility index (Phi) is 3.05. The van der Waals surface area contributed by atoms with Crippen molar-refractivity contribution in [1.82, 2.24) is 0 Å². The monoisotopic (exact) mass is 258 g/mol. The van der Waals surface area contributed by atoms with Crippen molar-refractivity contribution >= 4 is 5.69 Å². The van der Waals surface area contributed by atoms with E-state index in [1.54, 1.807) is 11.0 Å². The van der Waals surface area contributed by atoms with Crippen molar-refractivity contribution in [3.63, 3.8) is 0 Å². The maximum atomic E-state index is 12.9. The van der Waals surface area contributed by atoms with E-state index in [2.05, 4.69) is 0 Å². The van der Waals surface area contributed by atoms with E-state index in [9.17, 15) is 13.2 Å². The van der Waals surface area contributed by atoms with Gasteiger partial charge in [0.05, 0.1) is 11.1 Å². The zero-order valence-electron chi connectivity index (χ0n) is 10.5. The van der Waals surface area contributed by atoms with Gasteiger partial charge in [0.25, 0.3) is 0 Å². The van der Waals surface area contributed by atoms with Gasteiger partial charge in [-0.05, 0) is 18.1 Å². The number of benzene rings is 1. The summed E-state index contributed by atoms with van der Waals surface area (Å²) in [4.78, 5) is 1.70. The Hall–Kier alpha value is -1.23. The van der Waals surface area contributed by atoms with Crippen LogP contribution in [-0.4, -0.2) is 18.6 Å². The van der Waals surface area contributed by atoms with Gasteiger partial charge in [-0.3, -0.25) is 0 Å². The molecule has 18 heavy (non-hydrogen) atoms. The van der Waals surface area contributed by atoms with E-state index in [0.29, 0.717) is 13.1 Å². The number of para-hydroxylation sites is 1. The first-order valence-electron chi connectivity index (χ1n) is 5.94. The molecule has 1 saturated heterocycles. The predicted octanol–water partition coefficient (Wildman–Crippen LogP) is 2.88. The number of nitrogens with zero attached hydrogens (tertiary/aromatic N) is 1. The Balaban J connectivity index is 2.23. The normalized spacial score (nSPS) is 18.9. The van der Waals surface area contributed by atoms with E-state index in [4.69, 9.17) is 5.73 Å². The molecule has 0 amide bonds. The van der Waals surface area contributed by atoms with Gasteiger partial charge in [-0.15, -0.1) is 0 Å². The van der Waals surface area contributed by atoms with Crippen LogP contribution < -0.4 is 10.6 Å². The van der Waals surface area contributed by atoms with Crippen LogP contribution in [0, 0.1) is 5.92 Å². The van der Waals surface area contributed by atoms with Crippen LogP contribution in [0.25, 0.3) is 0 Å². The molecule has 1 heterocycles. The first kappa shape index (κ1) is 13.2. The van der Waals surface area contributed by atoms with Crippen LogP contribution in [0.15, 0.2) is 24.3 Å². The summed E-state index contributed by atoms with van der Waals surface area (Å²) < 4.78 is 38.6. The fourth-order valence-corrected chi connectivity index (χ4v) is 2.19. The molecule has 1 aliphatic rings. The fourth-order valence-electron chi connectivity index (χ4n) is 2.19. The Morgan fingerprint density at radius 3 is 2.28 bits per heavy atom. The Labute approximate surface area is 105 Å². The molecular weight excluding hydrogens is 241 g/mol. The molecule has 2 rings (SSSR count). The molecule has 0 aromatic heterocycles. The van der Waals surface area contributed by atoms with E-state index in [0.717, 1.165) is 6.07 Å². The lowest BCUT2D eigenvalue weighted by atomic mass is 9.79. The summed E-state index contributed by atoms with van der Waals surface area (Å²) >= 11 is 0. The summed E-state index contributed by atoms with van der Waals surface area (Å²) in [6.07, 6.45) is -4.32. The number of hydrogen-bond donors (Lipinski definition) is 1. The highest BCUT2D eigenvalue weighted by atomic mass is 19.4. The van der Waals surface area contributed by atoms with Crippen molar-refractivity contribution in [2.24, 2.45) is 11.7 Å². The first-order chi connectivity index (χ1) is 8.24. The van der Waals surface area contributed by atoms with Crippen molar-refractivity contribution in [1.29, 1.82) is 0 Å². The highest BCUT2D eigenvalue weighted by Crippen LogP contribution is 2.40. The first-order valence-corrected chi connectivity index (χ1v) is 5.94. The molecule has 1 fully saturated rings. The predicted molar refractivity (Wildman–Crippen MR) is 65.4 cm³/mol. The van der Waals surface area contributed by atoms with Crippen LogP contribution in [0.4, 0.5) is 18.9 Å². The van der Waals surface area contributed by atoms with Gasteiger partial charge in [-0.25, -0.2) is 0 Å². The molecule has 0 atom stereocenters. The Bertz CT molecular complexity index is 434. The van der Waals surface area contributed by atoms with Crippen LogP contribution >= 0.6 is 0 Å². The summed E-state index contributed by atoms with van der Waals surface area (Å²) in [7, 11) is 0. The van der Waals surface area contributed by atoms with Crippen LogP contribution in [0.3, 0.4) is 0 Å². The summed E-state index contributed by atoms with van der Waals surface area (Å²) in [6, 6.07) is 5.64. The average Bonchev–Trinajstić information content (AvgIpc) is 2.23. The Morgan fingerprint density at radius 1 is 1.22 bits per heavy atom. The topological polar surface area (TPSA) is 29.3 Å². The summed E-state index contributed by atoms with van der Waals surface area (Å²) in [5, 5.41) is 0. The molecule has 1 aromatic carbocycles. The van der Waals surface area contributed by atoms with Gasteiger partial charge in [-0.1, -0.05) is 26.0 Å². The standard InChI is InChI=1S/C13H17F3N2/c1-9(2)12(17)7-18(8-12)11-6-4-3-5-10(11)13(14,15)16/h3-6,9H,7-8,17H2,1-2H3. The minimum Gasteiger partial charge on any atom is -0.367 e. The minimum atomic E-state index is -4.32. The smallest absolute Gasteiger partial charge is 0.367 e. The van der Waals surface area contributed by atoms with Gasteiger partial charge >= 0.3 is 6.18 Å². The highest BCUT2D eigenvalue weighted by molar-refractivity contribution is 5.58. The Morgan fingerprint density at radius 2 is 1.78 bits per heavy atom. The maximum Gasteiger partial charge on any atom is 0.418 e. The number of halogens is 3. The van der Waals surface area contributed by atoms with Gasteiger partial charge in [0.15, 0.2) is 0 Å². The fraction of sp³-hybridized carbons (Fsp3) is 0.538. The van der Waals surface area contributed by atoms with Crippen molar-refractivity contribution in [2.45, 2.75) is 25.6 Å². The van der Waals surface area contributed by atoms with Gasteiger partial charge in [-0.2, -0.15) is 13.2 Å². The van der Waals surface area contributed by atoms with Gasteiger partial charge in [0.1, 0.15) is 0 Å². The van der Waals surface area contributed by atoms with Crippen LogP contribution in [-0.2, 0) is 6.18 Å². The number of hydrogen-bond acceptors (Lipinski definition) is 2. The molecule has 0 aliphatic carbocycles. The molecule has 5 heteroatoms. The molecule has 0 saturated carbocycles. The molecule has 0 spiro atoms. The molecule has 100 valence electrons. The molecule has 2 nitrogen and oxygen atoms in total. The van der Waals surface area contributed by atoms with Crippen molar-refractivity contribution in [3.05, 3.63) is 29.8 Å². The zero-order valence-corrected chi connectivity index (χ0v) is 10.5. The zero-order chi connectivity index (χ0) is 13.6. The molecule has 0 unspecified atom stereocenters. The third-order valence-electron chi connectivity index (χ3n) is 3.67. The van der Waals surface area contributed by atoms with E-state index >= 15 is 0 Å². The van der Waals surface area contributed by atoms with Crippen molar-refractivity contribution in [2.75, 3.05) is 18.0 Å². The molecule has 0 radical (unpaired) electrons. The minimum absolute atomic E-state index is 0.228. The summed E-state index contributed by atoms with van der Waals surface area (Å²) in [5.74, 6) is 0.256. The van der Waals surface area contributed by atoms with Crippen LogP contribution in [0.5, 0.6) is 0 Å². The van der Waals surface area contributed by atoms with Gasteiger partial charge in [0.2, 0.25) is 0 Å². The lowest BCUT2D eigenvalue weighted by Gasteiger charge is -2.52. The third-order valence-corrected chi connectivity index (χ3v) is 3.67. The van der Waals surface area contributed by atoms with Gasteiger partial charge in [0, 0.05) is 18.8 Å². The number of nitrogens with two attached hydrogens (primary N) is 1. The third kappa shape index (κ3) is 2.19. The van der Waals surface area contributed by atoms with E-state index < -0.39 is 11.7 Å². The van der Waals surface area contributed by atoms with E-state index in [1.807, 2.05) is 13.8 Å². The quantitative estimate of drug-likeness (QED) is 0.883. The molecule has 1 aliphatic heterocycles. The summed E-state index contributed by atoms with van der Waals surface area (Å²) in [6.45, 7) is 4.93. The molecule has 1 aromatic rings. The second-order valence-electron chi connectivity index (χ2n) is 5.26. The average molecular weight is 258 g/mol. The lowest BCUT2D eigenvalue weighted by Crippen LogP contribution is -2.70. The second-order valence-corrected chi connectivity index (χ2v) is 5.26. The van der Waals surface area contributed by atoms with Gasteiger partial charge < -0.3 is 10.6 Å². The second kappa shape index (κ2) is 4.16. The number of anilines is 1. The van der Waals surface area contributed by atoms with E-state index in [1.165, 1.54) is 12.1 Å². The van der Waals surface area contributed by atoms with E-state index in [-0.39, 0.29) is 17.1 Å².